The molecule has 14 heavy (non-hydrogen) atoms. The second-order valence-corrected chi connectivity index (χ2v) is 5.21. The van der Waals surface area contributed by atoms with E-state index < -0.39 is 9.05 Å². The van der Waals surface area contributed by atoms with E-state index in [1.54, 1.807) is 6.92 Å². The van der Waals surface area contributed by atoms with Gasteiger partial charge < -0.3 is 5.32 Å². The summed E-state index contributed by atoms with van der Waals surface area (Å²) < 4.78 is 22.0. The molecule has 0 aliphatic heterocycles. The van der Waals surface area contributed by atoms with Crippen LogP contribution in [-0.2, 0) is 13.8 Å². The number of carbonyl (C=O) groups excluding carboxylic acids is 1. The zero-order valence-electron chi connectivity index (χ0n) is 7.32. The SMILES string of the molecule is Cc1cc(NC=O)ccc1S(=O)(=O)Cl. The summed E-state index contributed by atoms with van der Waals surface area (Å²) in [4.78, 5) is 10.2. The predicted octanol–water partition coefficient (Wildman–Crippen LogP) is 1.49. The molecule has 0 fully saturated rings. The van der Waals surface area contributed by atoms with E-state index in [-0.39, 0.29) is 4.90 Å². The van der Waals surface area contributed by atoms with Crippen LogP contribution >= 0.6 is 10.7 Å². The van der Waals surface area contributed by atoms with Crippen molar-refractivity contribution < 1.29 is 13.2 Å². The monoisotopic (exact) mass is 233 g/mol. The van der Waals surface area contributed by atoms with Crippen molar-refractivity contribution >= 4 is 31.8 Å². The second kappa shape index (κ2) is 3.98. The molecule has 1 rings (SSSR count). The van der Waals surface area contributed by atoms with Gasteiger partial charge in [-0.05, 0) is 30.7 Å². The number of amides is 1. The number of hydrogen-bond donors (Lipinski definition) is 1. The number of halogens is 1. The smallest absolute Gasteiger partial charge is 0.261 e. The minimum Gasteiger partial charge on any atom is -0.329 e. The van der Waals surface area contributed by atoms with Gasteiger partial charge in [0.2, 0.25) is 6.41 Å². The summed E-state index contributed by atoms with van der Waals surface area (Å²) in [5.41, 5.74) is 1.02. The molecule has 1 aromatic carbocycles. The highest BCUT2D eigenvalue weighted by Gasteiger charge is 2.12. The van der Waals surface area contributed by atoms with Crippen LogP contribution in [-0.4, -0.2) is 14.8 Å². The number of carbonyl (C=O) groups is 1. The Balaban J connectivity index is 3.21. The molecule has 0 aliphatic rings. The van der Waals surface area contributed by atoms with Gasteiger partial charge in [0.15, 0.2) is 0 Å². The van der Waals surface area contributed by atoms with Crippen molar-refractivity contribution in [2.45, 2.75) is 11.8 Å². The first-order valence-corrected chi connectivity index (χ1v) is 6.01. The maximum Gasteiger partial charge on any atom is 0.261 e. The second-order valence-electron chi connectivity index (χ2n) is 2.68. The molecule has 1 N–H and O–H groups in total. The quantitative estimate of drug-likeness (QED) is 0.636. The molecule has 76 valence electrons. The molecule has 6 heteroatoms. The van der Waals surface area contributed by atoms with E-state index in [0.717, 1.165) is 0 Å². The molecule has 4 nitrogen and oxygen atoms in total. The average molecular weight is 234 g/mol. The van der Waals surface area contributed by atoms with Crippen molar-refractivity contribution in [1.29, 1.82) is 0 Å². The van der Waals surface area contributed by atoms with Gasteiger partial charge in [0, 0.05) is 16.4 Å². The van der Waals surface area contributed by atoms with Crippen molar-refractivity contribution in [3.05, 3.63) is 23.8 Å². The van der Waals surface area contributed by atoms with Gasteiger partial charge in [-0.2, -0.15) is 0 Å². The summed E-state index contributed by atoms with van der Waals surface area (Å²) in [5.74, 6) is 0. The Morgan fingerprint density at radius 2 is 2.07 bits per heavy atom. The Morgan fingerprint density at radius 3 is 2.50 bits per heavy atom. The number of anilines is 1. The lowest BCUT2D eigenvalue weighted by Crippen LogP contribution is -1.98. The third kappa shape index (κ3) is 2.46. The Bertz CT molecular complexity index is 456. The van der Waals surface area contributed by atoms with Crippen molar-refractivity contribution in [3.63, 3.8) is 0 Å². The number of nitrogens with one attached hydrogen (secondary N) is 1. The largest absolute Gasteiger partial charge is 0.329 e. The predicted molar refractivity (Wildman–Crippen MR) is 53.9 cm³/mol. The summed E-state index contributed by atoms with van der Waals surface area (Å²) in [7, 11) is 1.47. The minimum absolute atomic E-state index is 0.0515. The maximum absolute atomic E-state index is 11.0. The van der Waals surface area contributed by atoms with Crippen LogP contribution in [0.4, 0.5) is 5.69 Å². The topological polar surface area (TPSA) is 63.2 Å². The zero-order valence-corrected chi connectivity index (χ0v) is 8.89. The minimum atomic E-state index is -3.71. The van der Waals surface area contributed by atoms with Gasteiger partial charge in [-0.25, -0.2) is 8.42 Å². The van der Waals surface area contributed by atoms with Gasteiger partial charge in [-0.15, -0.1) is 0 Å². The van der Waals surface area contributed by atoms with Crippen molar-refractivity contribution in [1.82, 2.24) is 0 Å². The third-order valence-corrected chi connectivity index (χ3v) is 3.15. The Morgan fingerprint density at radius 1 is 1.43 bits per heavy atom. The molecular weight excluding hydrogens is 226 g/mol. The van der Waals surface area contributed by atoms with Crippen LogP contribution in [0.3, 0.4) is 0 Å². The summed E-state index contributed by atoms with van der Waals surface area (Å²) in [6.45, 7) is 1.60. The molecule has 0 spiro atoms. The van der Waals surface area contributed by atoms with Gasteiger partial charge in [0.05, 0.1) is 4.90 Å². The number of benzene rings is 1. The van der Waals surface area contributed by atoms with Crippen LogP contribution in [0.2, 0.25) is 0 Å². The molecule has 0 heterocycles. The first-order chi connectivity index (χ1) is 6.45. The number of hydrogen-bond acceptors (Lipinski definition) is 3. The molecule has 1 aromatic rings. The Labute approximate surface area is 86.3 Å². The molecular formula is C8H8ClNO3S. The first kappa shape index (κ1) is 11.0. The maximum atomic E-state index is 11.0. The van der Waals surface area contributed by atoms with Crippen molar-refractivity contribution in [2.75, 3.05) is 5.32 Å². The molecule has 0 radical (unpaired) electrons. The summed E-state index contributed by atoms with van der Waals surface area (Å²) in [6, 6.07) is 4.35. The van der Waals surface area contributed by atoms with E-state index >= 15 is 0 Å². The van der Waals surface area contributed by atoms with Gasteiger partial charge in [-0.3, -0.25) is 4.79 Å². The Hall–Kier alpha value is -1.07. The molecule has 0 saturated carbocycles. The Kier molecular flexibility index (Phi) is 3.13. The zero-order chi connectivity index (χ0) is 10.8. The van der Waals surface area contributed by atoms with E-state index in [0.29, 0.717) is 17.7 Å². The number of rotatable bonds is 3. The highest BCUT2D eigenvalue weighted by atomic mass is 35.7. The normalized spacial score (nSPS) is 11.0. The third-order valence-electron chi connectivity index (χ3n) is 1.66. The summed E-state index contributed by atoms with van der Waals surface area (Å²) >= 11 is 0. The summed E-state index contributed by atoms with van der Waals surface area (Å²) in [6.07, 6.45) is 0.518. The van der Waals surface area contributed by atoms with Crippen molar-refractivity contribution in [2.24, 2.45) is 0 Å². The van der Waals surface area contributed by atoms with Crippen LogP contribution in [0.1, 0.15) is 5.56 Å². The van der Waals surface area contributed by atoms with Crippen LogP contribution in [0.5, 0.6) is 0 Å². The van der Waals surface area contributed by atoms with Crippen LogP contribution in [0.25, 0.3) is 0 Å². The molecule has 0 atom stereocenters. The highest BCUT2D eigenvalue weighted by Crippen LogP contribution is 2.22. The standard InChI is InChI=1S/C8H8ClNO3S/c1-6-4-7(10-5-11)2-3-8(6)14(9,12)13/h2-5H,1H3,(H,10,11). The van der Waals surface area contributed by atoms with E-state index in [9.17, 15) is 13.2 Å². The lowest BCUT2D eigenvalue weighted by Gasteiger charge is -2.04. The molecule has 1 amide bonds. The van der Waals surface area contributed by atoms with E-state index in [1.165, 1.54) is 18.2 Å². The first-order valence-electron chi connectivity index (χ1n) is 3.70. The van der Waals surface area contributed by atoms with Crippen molar-refractivity contribution in [3.8, 4) is 0 Å². The molecule has 0 saturated heterocycles. The van der Waals surface area contributed by atoms with E-state index in [4.69, 9.17) is 10.7 Å². The van der Waals surface area contributed by atoms with Gasteiger partial charge >= 0.3 is 0 Å². The van der Waals surface area contributed by atoms with Crippen LogP contribution in [0, 0.1) is 6.92 Å². The fourth-order valence-electron chi connectivity index (χ4n) is 1.08. The van der Waals surface area contributed by atoms with E-state index in [1.807, 2.05) is 0 Å². The number of aryl methyl sites for hydroxylation is 1. The lowest BCUT2D eigenvalue weighted by atomic mass is 10.2. The molecule has 0 aromatic heterocycles. The average Bonchev–Trinajstić information content (AvgIpc) is 2.02. The van der Waals surface area contributed by atoms with Gasteiger partial charge in [-0.1, -0.05) is 0 Å². The van der Waals surface area contributed by atoms with Gasteiger partial charge in [0.25, 0.3) is 9.05 Å². The summed E-state index contributed by atoms with van der Waals surface area (Å²) in [5, 5.41) is 2.41. The van der Waals surface area contributed by atoms with Gasteiger partial charge in [0.1, 0.15) is 0 Å². The molecule has 0 unspecified atom stereocenters. The highest BCUT2D eigenvalue weighted by molar-refractivity contribution is 8.13. The lowest BCUT2D eigenvalue weighted by molar-refractivity contribution is -0.105. The van der Waals surface area contributed by atoms with E-state index in [2.05, 4.69) is 5.32 Å². The molecule has 0 aliphatic carbocycles. The fourth-order valence-corrected chi connectivity index (χ4v) is 2.27. The fraction of sp³-hybridized carbons (Fsp3) is 0.125. The molecule has 0 bridgehead atoms. The van der Waals surface area contributed by atoms with Crippen LogP contribution < -0.4 is 5.32 Å². The van der Waals surface area contributed by atoms with Crippen LogP contribution in [0.15, 0.2) is 23.1 Å².